The Morgan fingerprint density at radius 3 is 2.95 bits per heavy atom. The Morgan fingerprint density at radius 2 is 2.24 bits per heavy atom. The predicted molar refractivity (Wildman–Crippen MR) is 80.7 cm³/mol. The Morgan fingerprint density at radius 1 is 1.43 bits per heavy atom. The number of aliphatic hydroxyl groups excluding tert-OH is 1. The minimum atomic E-state index is -0.164. The number of anilines is 1. The molecule has 0 radical (unpaired) electrons. The smallest absolute Gasteiger partial charge is 0.154 e. The first kappa shape index (κ1) is 14.3. The van der Waals surface area contributed by atoms with Crippen molar-refractivity contribution in [3.63, 3.8) is 0 Å². The van der Waals surface area contributed by atoms with Gasteiger partial charge >= 0.3 is 0 Å². The molecule has 1 aliphatic rings. The van der Waals surface area contributed by atoms with Crippen LogP contribution in [0.2, 0.25) is 0 Å². The summed E-state index contributed by atoms with van der Waals surface area (Å²) in [5.41, 5.74) is 2.07. The van der Waals surface area contributed by atoms with Crippen molar-refractivity contribution in [2.24, 2.45) is 0 Å². The lowest BCUT2D eigenvalue weighted by molar-refractivity contribution is -0.0422. The maximum atomic E-state index is 9.37. The van der Waals surface area contributed by atoms with Gasteiger partial charge in [-0.05, 0) is 18.9 Å². The number of hydrogen-bond donors (Lipinski definition) is 1. The molecular weight excluding hydrogens is 268 g/mol. The molecule has 6 nitrogen and oxygen atoms in total. The number of ether oxygens (including phenoxy) is 1. The molecule has 0 bridgehead atoms. The molecule has 0 saturated carbocycles. The van der Waals surface area contributed by atoms with Crippen LogP contribution in [0.1, 0.15) is 32.4 Å². The highest BCUT2D eigenvalue weighted by Crippen LogP contribution is 2.25. The molecule has 21 heavy (non-hydrogen) atoms. The highest BCUT2D eigenvalue weighted by atomic mass is 16.5. The van der Waals surface area contributed by atoms with Crippen LogP contribution in [-0.2, 0) is 4.74 Å². The van der Waals surface area contributed by atoms with Crippen molar-refractivity contribution in [1.82, 2.24) is 14.6 Å². The second-order valence-corrected chi connectivity index (χ2v) is 5.96. The molecule has 1 fully saturated rings. The van der Waals surface area contributed by atoms with Gasteiger partial charge in [0.15, 0.2) is 5.82 Å². The van der Waals surface area contributed by atoms with E-state index in [1.807, 2.05) is 17.6 Å². The molecule has 3 rings (SSSR count). The van der Waals surface area contributed by atoms with Gasteiger partial charge in [0.05, 0.1) is 24.5 Å². The average molecular weight is 290 g/mol. The van der Waals surface area contributed by atoms with E-state index in [1.165, 1.54) is 0 Å². The Kier molecular flexibility index (Phi) is 3.82. The first-order valence-electron chi connectivity index (χ1n) is 7.44. The first-order chi connectivity index (χ1) is 10.1. The summed E-state index contributed by atoms with van der Waals surface area (Å²) < 4.78 is 7.58. The van der Waals surface area contributed by atoms with Gasteiger partial charge in [-0.2, -0.15) is 5.10 Å². The number of fused-ring (bicyclic) bond motifs is 1. The molecule has 2 atom stereocenters. The number of rotatable bonds is 3. The second kappa shape index (κ2) is 5.61. The molecule has 2 unspecified atom stereocenters. The van der Waals surface area contributed by atoms with Crippen molar-refractivity contribution in [2.45, 2.75) is 38.9 Å². The third-order valence-corrected chi connectivity index (χ3v) is 3.81. The van der Waals surface area contributed by atoms with Gasteiger partial charge in [0.1, 0.15) is 5.52 Å². The lowest BCUT2D eigenvalue weighted by Gasteiger charge is -2.36. The number of hydrogen-bond acceptors (Lipinski definition) is 5. The van der Waals surface area contributed by atoms with Crippen LogP contribution in [0.25, 0.3) is 5.52 Å². The molecule has 1 saturated heterocycles. The van der Waals surface area contributed by atoms with Crippen LogP contribution in [0.15, 0.2) is 18.5 Å². The second-order valence-electron chi connectivity index (χ2n) is 5.96. The van der Waals surface area contributed by atoms with E-state index in [0.717, 1.165) is 23.6 Å². The molecule has 0 amide bonds. The first-order valence-corrected chi connectivity index (χ1v) is 7.44. The van der Waals surface area contributed by atoms with Gasteiger partial charge in [-0.1, -0.05) is 13.8 Å². The summed E-state index contributed by atoms with van der Waals surface area (Å²) in [6, 6.07) is 2.10. The molecule has 114 valence electrons. The normalized spacial score (nSPS) is 23.2. The highest BCUT2D eigenvalue weighted by Gasteiger charge is 2.27. The molecule has 0 spiro atoms. The zero-order chi connectivity index (χ0) is 15.0. The van der Waals surface area contributed by atoms with Crippen LogP contribution < -0.4 is 4.90 Å². The number of aromatic nitrogens is 3. The van der Waals surface area contributed by atoms with Crippen LogP contribution in [0.5, 0.6) is 0 Å². The standard InChI is InChI=1S/C15H22N4O2/c1-10(2)13-6-14-15(16-4-5-19(14)17-13)18-7-11(3)21-12(8-18)9-20/h4-6,10-12,20H,7-9H2,1-3H3. The Bertz CT molecular complexity index is 625. The summed E-state index contributed by atoms with van der Waals surface area (Å²) in [6.07, 6.45) is 3.56. The Balaban J connectivity index is 1.99. The minimum Gasteiger partial charge on any atom is -0.394 e. The summed E-state index contributed by atoms with van der Waals surface area (Å²) in [6.45, 7) is 7.73. The fraction of sp³-hybridized carbons (Fsp3) is 0.600. The Labute approximate surface area is 124 Å². The average Bonchev–Trinajstić information content (AvgIpc) is 2.90. The SMILES string of the molecule is CC1CN(c2nccn3nc(C(C)C)cc23)CC(CO)O1. The summed E-state index contributed by atoms with van der Waals surface area (Å²) in [4.78, 5) is 6.71. The summed E-state index contributed by atoms with van der Waals surface area (Å²) >= 11 is 0. The summed E-state index contributed by atoms with van der Waals surface area (Å²) in [5.74, 6) is 1.29. The van der Waals surface area contributed by atoms with E-state index in [0.29, 0.717) is 12.5 Å². The van der Waals surface area contributed by atoms with Crippen molar-refractivity contribution in [2.75, 3.05) is 24.6 Å². The largest absolute Gasteiger partial charge is 0.394 e. The van der Waals surface area contributed by atoms with E-state index >= 15 is 0 Å². The molecule has 1 aliphatic heterocycles. The lowest BCUT2D eigenvalue weighted by Crippen LogP contribution is -2.48. The zero-order valence-corrected chi connectivity index (χ0v) is 12.7. The van der Waals surface area contributed by atoms with Gasteiger partial charge in [-0.3, -0.25) is 0 Å². The molecular formula is C15H22N4O2. The van der Waals surface area contributed by atoms with E-state index in [1.54, 1.807) is 6.20 Å². The number of aliphatic hydroxyl groups is 1. The molecule has 3 heterocycles. The maximum Gasteiger partial charge on any atom is 0.154 e. The topological polar surface area (TPSA) is 62.9 Å². The minimum absolute atomic E-state index is 0.0282. The van der Waals surface area contributed by atoms with Gasteiger partial charge in [0.25, 0.3) is 0 Å². The Hall–Kier alpha value is -1.66. The fourth-order valence-corrected chi connectivity index (χ4v) is 2.77. The van der Waals surface area contributed by atoms with E-state index < -0.39 is 0 Å². The monoisotopic (exact) mass is 290 g/mol. The van der Waals surface area contributed by atoms with Crippen molar-refractivity contribution < 1.29 is 9.84 Å². The summed E-state index contributed by atoms with van der Waals surface area (Å²) in [7, 11) is 0. The molecule has 1 N–H and O–H groups in total. The molecule has 0 aromatic carbocycles. The fourth-order valence-electron chi connectivity index (χ4n) is 2.77. The van der Waals surface area contributed by atoms with E-state index in [4.69, 9.17) is 4.74 Å². The third kappa shape index (κ3) is 2.73. The molecule has 0 aliphatic carbocycles. The van der Waals surface area contributed by atoms with Gasteiger partial charge in [-0.25, -0.2) is 9.50 Å². The molecule has 2 aromatic rings. The van der Waals surface area contributed by atoms with E-state index in [2.05, 4.69) is 34.9 Å². The predicted octanol–water partition coefficient (Wildman–Crippen LogP) is 1.44. The van der Waals surface area contributed by atoms with Crippen LogP contribution in [0.4, 0.5) is 5.82 Å². The van der Waals surface area contributed by atoms with Crippen LogP contribution in [-0.4, -0.2) is 51.6 Å². The van der Waals surface area contributed by atoms with Gasteiger partial charge in [-0.15, -0.1) is 0 Å². The lowest BCUT2D eigenvalue weighted by atomic mass is 10.1. The van der Waals surface area contributed by atoms with Crippen LogP contribution >= 0.6 is 0 Å². The number of nitrogens with zero attached hydrogens (tertiary/aromatic N) is 4. The van der Waals surface area contributed by atoms with E-state index in [-0.39, 0.29) is 18.8 Å². The third-order valence-electron chi connectivity index (χ3n) is 3.81. The van der Waals surface area contributed by atoms with E-state index in [9.17, 15) is 5.11 Å². The highest BCUT2D eigenvalue weighted by molar-refractivity contribution is 5.69. The van der Waals surface area contributed by atoms with Gasteiger partial charge in [0, 0.05) is 25.5 Å². The maximum absolute atomic E-state index is 9.37. The van der Waals surface area contributed by atoms with Crippen LogP contribution in [0, 0.1) is 0 Å². The van der Waals surface area contributed by atoms with Crippen LogP contribution in [0.3, 0.4) is 0 Å². The van der Waals surface area contributed by atoms with Gasteiger partial charge in [0.2, 0.25) is 0 Å². The van der Waals surface area contributed by atoms with Crippen molar-refractivity contribution in [3.8, 4) is 0 Å². The van der Waals surface area contributed by atoms with Crippen molar-refractivity contribution >= 4 is 11.3 Å². The molecule has 6 heteroatoms. The van der Waals surface area contributed by atoms with Crippen molar-refractivity contribution in [3.05, 3.63) is 24.2 Å². The van der Waals surface area contributed by atoms with Gasteiger partial charge < -0.3 is 14.7 Å². The summed E-state index contributed by atoms with van der Waals surface area (Å²) in [5, 5.41) is 14.0. The zero-order valence-electron chi connectivity index (χ0n) is 12.7. The number of morpholine rings is 1. The van der Waals surface area contributed by atoms with Crippen molar-refractivity contribution in [1.29, 1.82) is 0 Å². The molecule has 2 aromatic heterocycles. The quantitative estimate of drug-likeness (QED) is 0.926.